The van der Waals surface area contributed by atoms with Crippen molar-refractivity contribution in [2.75, 3.05) is 11.9 Å². The molecule has 1 rings (SSSR count). The Kier molecular flexibility index (Phi) is 5.68. The van der Waals surface area contributed by atoms with Gasteiger partial charge in [0.25, 0.3) is 0 Å². The molecule has 1 aromatic carbocycles. The van der Waals surface area contributed by atoms with Crippen LogP contribution in [0, 0.1) is 11.3 Å². The van der Waals surface area contributed by atoms with Crippen LogP contribution < -0.4 is 10.6 Å². The van der Waals surface area contributed by atoms with E-state index in [1.165, 1.54) is 0 Å². The Bertz CT molecular complexity index is 419. The summed E-state index contributed by atoms with van der Waals surface area (Å²) in [5.41, 5.74) is 1.56. The van der Waals surface area contributed by atoms with Gasteiger partial charge in [0.2, 0.25) is 0 Å². The molecule has 0 aromatic heterocycles. The molecule has 0 aliphatic rings. The minimum absolute atomic E-state index is 0.0783. The van der Waals surface area contributed by atoms with Crippen LogP contribution in [-0.4, -0.2) is 23.8 Å². The Morgan fingerprint density at radius 3 is 2.61 bits per heavy atom. The highest BCUT2D eigenvalue weighted by Gasteiger charge is 2.08. The van der Waals surface area contributed by atoms with Crippen molar-refractivity contribution < 1.29 is 9.90 Å². The molecule has 18 heavy (non-hydrogen) atoms. The number of amides is 2. The molecule has 2 amide bonds. The molecule has 0 aliphatic heterocycles. The Labute approximate surface area is 106 Å². The number of anilines is 1. The zero-order chi connectivity index (χ0) is 13.4. The van der Waals surface area contributed by atoms with Gasteiger partial charge in [-0.3, -0.25) is 0 Å². The summed E-state index contributed by atoms with van der Waals surface area (Å²) in [7, 11) is 0. The quantitative estimate of drug-likeness (QED) is 0.739. The van der Waals surface area contributed by atoms with Gasteiger partial charge in [0, 0.05) is 5.69 Å². The van der Waals surface area contributed by atoms with Gasteiger partial charge >= 0.3 is 6.03 Å². The van der Waals surface area contributed by atoms with E-state index in [4.69, 9.17) is 10.4 Å². The lowest BCUT2D eigenvalue weighted by molar-refractivity contribution is 0.222. The van der Waals surface area contributed by atoms with Gasteiger partial charge in [0.1, 0.15) is 0 Å². The average Bonchev–Trinajstić information content (AvgIpc) is 2.38. The Morgan fingerprint density at radius 1 is 1.44 bits per heavy atom. The number of nitrogens with zero attached hydrogens (tertiary/aromatic N) is 1. The molecule has 1 atom stereocenters. The molecule has 0 spiro atoms. The van der Waals surface area contributed by atoms with E-state index in [0.29, 0.717) is 18.5 Å². The number of benzene rings is 1. The van der Waals surface area contributed by atoms with Crippen LogP contribution in [0.15, 0.2) is 24.3 Å². The Balaban J connectivity index is 2.52. The maximum absolute atomic E-state index is 11.6. The van der Waals surface area contributed by atoms with Gasteiger partial charge < -0.3 is 15.7 Å². The number of nitriles is 1. The number of carbonyl (C=O) groups excluding carboxylic acids is 1. The summed E-state index contributed by atoms with van der Waals surface area (Å²) in [6.07, 6.45) is 1.03. The molecule has 0 saturated heterocycles. The minimum atomic E-state index is -0.344. The van der Waals surface area contributed by atoms with E-state index >= 15 is 0 Å². The first-order valence-corrected chi connectivity index (χ1v) is 5.83. The Morgan fingerprint density at radius 2 is 2.11 bits per heavy atom. The van der Waals surface area contributed by atoms with Crippen molar-refractivity contribution in [1.82, 2.24) is 5.32 Å². The van der Waals surface area contributed by atoms with E-state index in [2.05, 4.69) is 16.7 Å². The maximum atomic E-state index is 11.6. The first-order valence-electron chi connectivity index (χ1n) is 5.83. The van der Waals surface area contributed by atoms with Crippen molar-refractivity contribution in [2.24, 2.45) is 0 Å². The number of hydrogen-bond acceptors (Lipinski definition) is 3. The predicted octanol–water partition coefficient (Wildman–Crippen LogP) is 1.65. The third-order valence-electron chi connectivity index (χ3n) is 2.54. The maximum Gasteiger partial charge on any atom is 0.319 e. The summed E-state index contributed by atoms with van der Waals surface area (Å²) in [5, 5.41) is 22.8. The molecule has 0 heterocycles. The molecule has 5 heteroatoms. The zero-order valence-corrected chi connectivity index (χ0v) is 10.3. The fourth-order valence-corrected chi connectivity index (χ4v) is 1.43. The number of aliphatic hydroxyl groups is 1. The van der Waals surface area contributed by atoms with Crippen molar-refractivity contribution >= 4 is 11.7 Å². The van der Waals surface area contributed by atoms with Crippen LogP contribution in [0.3, 0.4) is 0 Å². The van der Waals surface area contributed by atoms with Gasteiger partial charge in [0.05, 0.1) is 25.1 Å². The number of rotatable bonds is 5. The molecular formula is C13H17N3O2. The second-order valence-corrected chi connectivity index (χ2v) is 3.92. The van der Waals surface area contributed by atoms with Crippen molar-refractivity contribution in [3.63, 3.8) is 0 Å². The van der Waals surface area contributed by atoms with Crippen LogP contribution in [0.2, 0.25) is 0 Å². The standard InChI is InChI=1S/C13H17N3O2/c1-2-11(9-17)15-13(18)16-12-5-3-10(4-6-12)7-8-14/h3-6,11,17H,2,7,9H2,1H3,(H2,15,16,18). The molecule has 0 saturated carbocycles. The third-order valence-corrected chi connectivity index (χ3v) is 2.54. The van der Waals surface area contributed by atoms with Gasteiger partial charge in [-0.25, -0.2) is 4.79 Å². The second kappa shape index (κ2) is 7.30. The highest BCUT2D eigenvalue weighted by molar-refractivity contribution is 5.89. The molecular weight excluding hydrogens is 230 g/mol. The lowest BCUT2D eigenvalue weighted by Crippen LogP contribution is -2.39. The lowest BCUT2D eigenvalue weighted by atomic mass is 10.1. The topological polar surface area (TPSA) is 85.2 Å². The van der Waals surface area contributed by atoms with Gasteiger partial charge in [-0.05, 0) is 24.1 Å². The van der Waals surface area contributed by atoms with E-state index < -0.39 is 0 Å². The number of nitrogens with one attached hydrogen (secondary N) is 2. The SMILES string of the molecule is CCC(CO)NC(=O)Nc1ccc(CC#N)cc1. The smallest absolute Gasteiger partial charge is 0.319 e. The number of carbonyl (C=O) groups is 1. The summed E-state index contributed by atoms with van der Waals surface area (Å²) in [6, 6.07) is 8.55. The summed E-state index contributed by atoms with van der Waals surface area (Å²) in [6.45, 7) is 1.81. The van der Waals surface area contributed by atoms with Crippen LogP contribution in [0.25, 0.3) is 0 Å². The van der Waals surface area contributed by atoms with E-state index in [-0.39, 0.29) is 18.7 Å². The highest BCUT2D eigenvalue weighted by atomic mass is 16.3. The van der Waals surface area contributed by atoms with Gasteiger partial charge in [-0.2, -0.15) is 5.26 Å². The van der Waals surface area contributed by atoms with E-state index in [0.717, 1.165) is 5.56 Å². The van der Waals surface area contributed by atoms with Gasteiger partial charge in [-0.15, -0.1) is 0 Å². The van der Waals surface area contributed by atoms with Crippen LogP contribution >= 0.6 is 0 Å². The molecule has 3 N–H and O–H groups in total. The average molecular weight is 247 g/mol. The number of hydrogen-bond donors (Lipinski definition) is 3. The fourth-order valence-electron chi connectivity index (χ4n) is 1.43. The molecule has 1 aromatic rings. The van der Waals surface area contributed by atoms with Gasteiger partial charge in [0.15, 0.2) is 0 Å². The minimum Gasteiger partial charge on any atom is -0.394 e. The molecule has 1 unspecified atom stereocenters. The summed E-state index contributed by atoms with van der Waals surface area (Å²) >= 11 is 0. The second-order valence-electron chi connectivity index (χ2n) is 3.92. The van der Waals surface area contributed by atoms with E-state index in [9.17, 15) is 4.79 Å². The zero-order valence-electron chi connectivity index (χ0n) is 10.3. The molecule has 96 valence electrons. The fraction of sp³-hybridized carbons (Fsp3) is 0.385. The van der Waals surface area contributed by atoms with Crippen molar-refractivity contribution in [3.8, 4) is 6.07 Å². The molecule has 5 nitrogen and oxygen atoms in total. The van der Waals surface area contributed by atoms with Crippen LogP contribution in [0.4, 0.5) is 10.5 Å². The highest BCUT2D eigenvalue weighted by Crippen LogP contribution is 2.09. The monoisotopic (exact) mass is 247 g/mol. The normalized spacial score (nSPS) is 11.4. The largest absolute Gasteiger partial charge is 0.394 e. The van der Waals surface area contributed by atoms with E-state index in [1.807, 2.05) is 6.92 Å². The summed E-state index contributed by atoms with van der Waals surface area (Å²) in [5.74, 6) is 0. The summed E-state index contributed by atoms with van der Waals surface area (Å²) in [4.78, 5) is 11.6. The Hall–Kier alpha value is -2.06. The predicted molar refractivity (Wildman–Crippen MR) is 69.1 cm³/mol. The van der Waals surface area contributed by atoms with E-state index in [1.54, 1.807) is 24.3 Å². The van der Waals surface area contributed by atoms with Crippen molar-refractivity contribution in [1.29, 1.82) is 5.26 Å². The first-order chi connectivity index (χ1) is 8.69. The number of urea groups is 1. The third kappa shape index (κ3) is 4.44. The van der Waals surface area contributed by atoms with Gasteiger partial charge in [-0.1, -0.05) is 19.1 Å². The van der Waals surface area contributed by atoms with Crippen LogP contribution in [0.5, 0.6) is 0 Å². The number of aliphatic hydroxyl groups excluding tert-OH is 1. The molecule has 0 bridgehead atoms. The first kappa shape index (κ1) is 14.0. The van der Waals surface area contributed by atoms with Crippen LogP contribution in [-0.2, 0) is 6.42 Å². The lowest BCUT2D eigenvalue weighted by Gasteiger charge is -2.14. The molecule has 0 radical (unpaired) electrons. The van der Waals surface area contributed by atoms with Crippen molar-refractivity contribution in [3.05, 3.63) is 29.8 Å². The van der Waals surface area contributed by atoms with Crippen molar-refractivity contribution in [2.45, 2.75) is 25.8 Å². The van der Waals surface area contributed by atoms with Crippen LogP contribution in [0.1, 0.15) is 18.9 Å². The molecule has 0 aliphatic carbocycles. The molecule has 0 fully saturated rings. The summed E-state index contributed by atoms with van der Waals surface area (Å²) < 4.78 is 0.